The zero-order valence-corrected chi connectivity index (χ0v) is 13.6. The Morgan fingerprint density at radius 1 is 1.00 bits per heavy atom. The Balaban J connectivity index is 2.01. The van der Waals surface area contributed by atoms with Gasteiger partial charge >= 0.3 is 16.3 Å². The van der Waals surface area contributed by atoms with Crippen molar-refractivity contribution >= 4 is 33.6 Å². The predicted octanol–water partition coefficient (Wildman–Crippen LogP) is 2.98. The van der Waals surface area contributed by atoms with E-state index in [9.17, 15) is 13.2 Å². The summed E-state index contributed by atoms with van der Waals surface area (Å²) in [7, 11) is -4.06. The Morgan fingerprint density at radius 3 is 2.22 bits per heavy atom. The van der Waals surface area contributed by atoms with Crippen LogP contribution in [0.1, 0.15) is 0 Å². The lowest BCUT2D eigenvalue weighted by molar-refractivity contribution is 0.159. The van der Waals surface area contributed by atoms with Gasteiger partial charge in [0.15, 0.2) is 0 Å². The molecule has 2 N–H and O–H groups in total. The number of benzene rings is 2. The maximum Gasteiger partial charge on any atom is 0.422 e. The molecule has 0 fully saturated rings. The summed E-state index contributed by atoms with van der Waals surface area (Å²) in [6.45, 7) is -0.0747. The first-order valence-corrected chi connectivity index (χ1v) is 8.71. The number of halogens is 1. The summed E-state index contributed by atoms with van der Waals surface area (Å²) in [5, 5.41) is 0. The first-order chi connectivity index (χ1) is 11.0. The lowest BCUT2D eigenvalue weighted by Crippen LogP contribution is -2.36. The molecule has 2 aromatic carbocycles. The fraction of sp³-hybridized carbons (Fsp3) is 0.133. The van der Waals surface area contributed by atoms with Gasteiger partial charge in [-0.1, -0.05) is 42.5 Å². The summed E-state index contributed by atoms with van der Waals surface area (Å²) >= 11 is 5.34. The highest BCUT2D eigenvalue weighted by Gasteiger charge is 2.15. The van der Waals surface area contributed by atoms with Crippen LogP contribution in [0.4, 0.5) is 10.5 Å². The number of nitrogens with one attached hydrogen (secondary N) is 2. The molecule has 6 nitrogen and oxygen atoms in total. The minimum Gasteiger partial charge on any atom is -0.448 e. The molecule has 8 heteroatoms. The van der Waals surface area contributed by atoms with E-state index < -0.39 is 16.3 Å². The molecule has 0 aliphatic carbocycles. The molecule has 0 saturated carbocycles. The maximum absolute atomic E-state index is 11.8. The van der Waals surface area contributed by atoms with Crippen molar-refractivity contribution in [3.63, 3.8) is 0 Å². The molecule has 2 aromatic rings. The number of hydrogen-bond donors (Lipinski definition) is 2. The lowest BCUT2D eigenvalue weighted by atomic mass is 10.1. The molecule has 122 valence electrons. The standard InChI is InChI=1S/C15H15ClN2O4S/c16-10-11-22-15(19)18-23(20,21)17-14-8-6-13(7-9-14)12-4-2-1-3-5-12/h1-9,17H,10-11H2,(H,18,19). The van der Waals surface area contributed by atoms with Gasteiger partial charge in [-0.05, 0) is 23.3 Å². The molecular weight excluding hydrogens is 340 g/mol. The second-order valence-corrected chi connectivity index (χ2v) is 6.27. The Labute approximate surface area is 139 Å². The van der Waals surface area contributed by atoms with Gasteiger partial charge in [0, 0.05) is 0 Å². The number of anilines is 1. The number of amides is 1. The largest absolute Gasteiger partial charge is 0.448 e. The summed E-state index contributed by atoms with van der Waals surface area (Å²) < 4.78 is 32.0. The molecular formula is C15H15ClN2O4S. The molecule has 0 unspecified atom stereocenters. The molecule has 1 amide bonds. The SMILES string of the molecule is O=C(NS(=O)(=O)Nc1ccc(-c2ccccc2)cc1)OCCCl. The zero-order chi connectivity index (χ0) is 16.7. The third-order valence-electron chi connectivity index (χ3n) is 2.77. The highest BCUT2D eigenvalue weighted by Crippen LogP contribution is 2.21. The van der Waals surface area contributed by atoms with E-state index in [1.165, 1.54) is 0 Å². The molecule has 0 aromatic heterocycles. The van der Waals surface area contributed by atoms with Crippen LogP contribution < -0.4 is 9.44 Å². The van der Waals surface area contributed by atoms with E-state index in [0.717, 1.165) is 11.1 Å². The highest BCUT2D eigenvalue weighted by atomic mass is 35.5. The first-order valence-electron chi connectivity index (χ1n) is 6.69. The number of hydrogen-bond acceptors (Lipinski definition) is 4. The van der Waals surface area contributed by atoms with Crippen LogP contribution in [-0.2, 0) is 14.9 Å². The van der Waals surface area contributed by atoms with Gasteiger partial charge in [-0.25, -0.2) is 9.52 Å². The monoisotopic (exact) mass is 354 g/mol. The van der Waals surface area contributed by atoms with E-state index >= 15 is 0 Å². The maximum atomic E-state index is 11.8. The third kappa shape index (κ3) is 5.46. The molecule has 0 heterocycles. The number of carbonyl (C=O) groups excluding carboxylic acids is 1. The molecule has 0 saturated heterocycles. The highest BCUT2D eigenvalue weighted by molar-refractivity contribution is 7.91. The quantitative estimate of drug-likeness (QED) is 0.781. The van der Waals surface area contributed by atoms with E-state index in [0.29, 0.717) is 5.69 Å². The Bertz CT molecular complexity index is 749. The van der Waals surface area contributed by atoms with Crippen molar-refractivity contribution in [3.05, 3.63) is 54.6 Å². The molecule has 0 spiro atoms. The number of carbonyl (C=O) groups is 1. The van der Waals surface area contributed by atoms with Crippen LogP contribution in [0, 0.1) is 0 Å². The van der Waals surface area contributed by atoms with Crippen molar-refractivity contribution in [2.45, 2.75) is 0 Å². The van der Waals surface area contributed by atoms with Crippen LogP contribution in [0.15, 0.2) is 54.6 Å². The Morgan fingerprint density at radius 2 is 1.61 bits per heavy atom. The first kappa shape index (κ1) is 17.1. The lowest BCUT2D eigenvalue weighted by Gasteiger charge is -2.10. The minimum absolute atomic E-state index is 0.0747. The van der Waals surface area contributed by atoms with Gasteiger partial charge in [-0.3, -0.25) is 4.72 Å². The van der Waals surface area contributed by atoms with Gasteiger partial charge in [-0.15, -0.1) is 11.6 Å². The molecule has 0 radical (unpaired) electrons. The number of alkyl halides is 1. The van der Waals surface area contributed by atoms with Gasteiger partial charge in [0.2, 0.25) is 0 Å². The Hall–Kier alpha value is -2.25. The third-order valence-corrected chi connectivity index (χ3v) is 3.87. The van der Waals surface area contributed by atoms with Crippen LogP contribution >= 0.6 is 11.6 Å². The van der Waals surface area contributed by atoms with Crippen molar-refractivity contribution < 1.29 is 17.9 Å². The molecule has 0 aliphatic heterocycles. The summed E-state index contributed by atoms with van der Waals surface area (Å²) in [5.74, 6) is 0.0852. The smallest absolute Gasteiger partial charge is 0.422 e. The summed E-state index contributed by atoms with van der Waals surface area (Å²) in [6.07, 6.45) is -1.08. The van der Waals surface area contributed by atoms with Crippen molar-refractivity contribution in [1.29, 1.82) is 0 Å². The van der Waals surface area contributed by atoms with E-state index in [1.54, 1.807) is 29.0 Å². The predicted molar refractivity (Wildman–Crippen MR) is 89.6 cm³/mol. The van der Waals surface area contributed by atoms with Crippen LogP contribution in [0.2, 0.25) is 0 Å². The van der Waals surface area contributed by atoms with E-state index in [2.05, 4.69) is 9.46 Å². The summed E-state index contributed by atoms with van der Waals surface area (Å²) in [5.41, 5.74) is 2.29. The molecule has 0 bridgehead atoms. The van der Waals surface area contributed by atoms with Crippen molar-refractivity contribution in [2.24, 2.45) is 0 Å². The summed E-state index contributed by atoms with van der Waals surface area (Å²) in [6, 6.07) is 16.4. The van der Waals surface area contributed by atoms with Crippen LogP contribution in [0.3, 0.4) is 0 Å². The van der Waals surface area contributed by atoms with E-state index in [1.807, 2.05) is 30.3 Å². The molecule has 0 aliphatic rings. The molecule has 23 heavy (non-hydrogen) atoms. The van der Waals surface area contributed by atoms with E-state index in [4.69, 9.17) is 11.6 Å². The minimum atomic E-state index is -4.06. The topological polar surface area (TPSA) is 84.5 Å². The zero-order valence-electron chi connectivity index (χ0n) is 12.0. The summed E-state index contributed by atoms with van der Waals surface area (Å²) in [4.78, 5) is 11.2. The number of ether oxygens (including phenoxy) is 1. The Kier molecular flexibility index (Phi) is 5.84. The normalized spacial score (nSPS) is 10.8. The fourth-order valence-corrected chi connectivity index (χ4v) is 2.67. The van der Waals surface area contributed by atoms with Crippen LogP contribution in [0.25, 0.3) is 11.1 Å². The average Bonchev–Trinajstić information content (AvgIpc) is 2.53. The van der Waals surface area contributed by atoms with Crippen molar-refractivity contribution in [2.75, 3.05) is 17.2 Å². The van der Waals surface area contributed by atoms with Crippen LogP contribution in [-0.4, -0.2) is 27.0 Å². The van der Waals surface area contributed by atoms with E-state index in [-0.39, 0.29) is 12.5 Å². The number of rotatable bonds is 6. The van der Waals surface area contributed by atoms with Crippen molar-refractivity contribution in [3.8, 4) is 11.1 Å². The van der Waals surface area contributed by atoms with Gasteiger partial charge in [0.25, 0.3) is 0 Å². The van der Waals surface area contributed by atoms with Crippen LogP contribution in [0.5, 0.6) is 0 Å². The second-order valence-electron chi connectivity index (χ2n) is 4.48. The second kappa shape index (κ2) is 7.85. The molecule has 2 rings (SSSR count). The van der Waals surface area contributed by atoms with Gasteiger partial charge in [0.1, 0.15) is 6.61 Å². The van der Waals surface area contributed by atoms with Gasteiger partial charge in [-0.2, -0.15) is 8.42 Å². The molecule has 0 atom stereocenters. The fourth-order valence-electron chi connectivity index (χ4n) is 1.81. The van der Waals surface area contributed by atoms with Gasteiger partial charge in [0.05, 0.1) is 11.6 Å². The van der Waals surface area contributed by atoms with Crippen molar-refractivity contribution in [1.82, 2.24) is 4.72 Å². The average molecular weight is 355 g/mol. The van der Waals surface area contributed by atoms with Gasteiger partial charge < -0.3 is 4.74 Å².